The summed E-state index contributed by atoms with van der Waals surface area (Å²) in [4.78, 5) is 7.45. The number of fused-ring (bicyclic) bond motifs is 4. The number of ether oxygens (including phenoxy) is 2. The number of aromatic nitrogens is 4. The molecule has 86 heavy (non-hydrogen) atoms. The van der Waals surface area contributed by atoms with Crippen LogP contribution in [0.2, 0.25) is 0 Å². The van der Waals surface area contributed by atoms with Gasteiger partial charge in [0.1, 0.15) is 11.6 Å². The molecule has 0 bridgehead atoms. The number of benzene rings is 11. The van der Waals surface area contributed by atoms with Crippen LogP contribution >= 0.6 is 0 Å². The van der Waals surface area contributed by atoms with Crippen LogP contribution in [-0.2, 0) is 26.5 Å². The van der Waals surface area contributed by atoms with E-state index in [1.807, 2.05) is 6.20 Å². The maximum absolute atomic E-state index is 7.69. The Kier molecular flexibility index (Phi) is 12.1. The number of para-hydroxylation sites is 5. The molecule has 1 atom stereocenters. The van der Waals surface area contributed by atoms with Gasteiger partial charge in [0.15, 0.2) is 0 Å². The molecule has 14 aromatic rings. The van der Waals surface area contributed by atoms with E-state index in [-0.39, 0.29) is 39.1 Å². The van der Waals surface area contributed by atoms with E-state index >= 15 is 0 Å². The maximum atomic E-state index is 7.69. The Labute approximate surface area is 514 Å². The van der Waals surface area contributed by atoms with Gasteiger partial charge in [-0.1, -0.05) is 220 Å². The van der Waals surface area contributed by atoms with Crippen LogP contribution in [0.3, 0.4) is 0 Å². The Balaban J connectivity index is 0.00000600. The largest absolute Gasteiger partial charge is 0.521 e. The van der Waals surface area contributed by atoms with Crippen LogP contribution in [0, 0.1) is 18.5 Å². The Morgan fingerprint density at radius 2 is 1.22 bits per heavy atom. The van der Waals surface area contributed by atoms with Crippen molar-refractivity contribution in [1.29, 1.82) is 0 Å². The summed E-state index contributed by atoms with van der Waals surface area (Å²) in [7, 11) is 0. The van der Waals surface area contributed by atoms with Crippen molar-refractivity contribution in [3.05, 3.63) is 296 Å². The summed E-state index contributed by atoms with van der Waals surface area (Å²) < 4.78 is 22.0. The fraction of sp³-hybridized carbons (Fsp3) is 0.0649. The molecule has 17 rings (SSSR count). The molecule has 3 aliphatic rings. The minimum atomic E-state index is -0.296. The van der Waals surface area contributed by atoms with Crippen LogP contribution in [0.15, 0.2) is 255 Å². The van der Waals surface area contributed by atoms with Gasteiger partial charge in [0.2, 0.25) is 6.71 Å². The van der Waals surface area contributed by atoms with Crippen molar-refractivity contribution >= 4 is 73.0 Å². The summed E-state index contributed by atoms with van der Waals surface area (Å²) in [5.41, 5.74) is 20.9. The minimum Gasteiger partial charge on any atom is -0.521 e. The molecule has 0 aliphatic carbocycles. The molecule has 0 saturated carbocycles. The fourth-order valence-corrected chi connectivity index (χ4v) is 13.8. The molecule has 6 heterocycles. The van der Waals surface area contributed by atoms with E-state index in [0.29, 0.717) is 22.9 Å². The number of nitrogens with zero attached hydrogens (tertiary/aromatic N) is 5. The van der Waals surface area contributed by atoms with Gasteiger partial charge in [0.25, 0.3) is 6.33 Å². The van der Waals surface area contributed by atoms with Crippen LogP contribution in [0.4, 0.5) is 17.1 Å². The molecule has 0 spiro atoms. The van der Waals surface area contributed by atoms with E-state index in [0.717, 1.165) is 111 Å². The third-order valence-corrected chi connectivity index (χ3v) is 17.5. The SMILES string of the molecule is CC(C)(C)c1ccnc(-n2c3[c-]c(Oc4[c-]c(-n5[c-][n+](-c6c(-c7ccccc7)cccc6-c6ccccc6)c6ccccc65)c5c6c4C(c4ccccc4)c4cccc7c4B6c4c(cccc4N7c4ccccc4)O5)ccc3c3ccccc32)c1.[Pt]. The third kappa shape index (κ3) is 7.93. The summed E-state index contributed by atoms with van der Waals surface area (Å²) in [5, 5.41) is 2.16. The number of anilines is 3. The zero-order valence-electron chi connectivity index (χ0n) is 47.3. The molecule has 9 heteroatoms. The summed E-state index contributed by atoms with van der Waals surface area (Å²) in [6, 6.07) is 96.4. The zero-order valence-corrected chi connectivity index (χ0v) is 49.5. The first-order valence-electron chi connectivity index (χ1n) is 29.1. The smallest absolute Gasteiger partial charge is 0.268 e. The average Bonchev–Trinajstić information content (AvgIpc) is 0.779. The van der Waals surface area contributed by atoms with Gasteiger partial charge in [0, 0.05) is 67.1 Å². The average molecular weight is 1290 g/mol. The molecule has 0 radical (unpaired) electrons. The molecule has 412 valence electrons. The van der Waals surface area contributed by atoms with E-state index in [2.05, 4.69) is 307 Å². The van der Waals surface area contributed by atoms with Crippen LogP contribution < -0.4 is 35.3 Å². The summed E-state index contributed by atoms with van der Waals surface area (Å²) in [6.45, 7) is 6.47. The van der Waals surface area contributed by atoms with Crippen molar-refractivity contribution in [1.82, 2.24) is 14.1 Å². The number of hydrogen-bond donors (Lipinski definition) is 0. The minimum absolute atomic E-state index is 0. The third-order valence-electron chi connectivity index (χ3n) is 17.5. The van der Waals surface area contributed by atoms with Crippen molar-refractivity contribution in [3.63, 3.8) is 0 Å². The summed E-state index contributed by atoms with van der Waals surface area (Å²) in [6.07, 6.45) is 5.93. The van der Waals surface area contributed by atoms with Crippen LogP contribution in [0.5, 0.6) is 23.0 Å². The monoisotopic (exact) mass is 1280 g/mol. The molecule has 7 nitrogen and oxygen atoms in total. The predicted octanol–water partition coefficient (Wildman–Crippen LogP) is 16.1. The maximum Gasteiger partial charge on any atom is 0.268 e. The molecular weight excluding hydrogens is 1230 g/mol. The topological polar surface area (TPSA) is 48.3 Å². The van der Waals surface area contributed by atoms with Crippen molar-refractivity contribution in [3.8, 4) is 62.4 Å². The van der Waals surface area contributed by atoms with E-state index in [4.69, 9.17) is 14.5 Å². The number of rotatable bonds is 9. The van der Waals surface area contributed by atoms with Gasteiger partial charge in [-0.25, -0.2) is 4.98 Å². The van der Waals surface area contributed by atoms with E-state index < -0.39 is 0 Å². The van der Waals surface area contributed by atoms with Gasteiger partial charge >= 0.3 is 0 Å². The second kappa shape index (κ2) is 20.1. The summed E-state index contributed by atoms with van der Waals surface area (Å²) >= 11 is 0. The number of hydrogen-bond acceptors (Lipinski definition) is 4. The molecule has 11 aromatic carbocycles. The van der Waals surface area contributed by atoms with E-state index in [9.17, 15) is 0 Å². The predicted molar refractivity (Wildman–Crippen MR) is 343 cm³/mol. The second-order valence-corrected chi connectivity index (χ2v) is 23.4. The molecule has 0 fully saturated rings. The molecule has 0 amide bonds. The summed E-state index contributed by atoms with van der Waals surface area (Å²) in [5.74, 6) is 3.15. The van der Waals surface area contributed by atoms with Crippen LogP contribution in [0.25, 0.3) is 72.3 Å². The first kappa shape index (κ1) is 51.6. The van der Waals surface area contributed by atoms with E-state index in [1.165, 1.54) is 16.6 Å². The van der Waals surface area contributed by atoms with Crippen molar-refractivity contribution in [2.75, 3.05) is 4.90 Å². The molecule has 3 aliphatic heterocycles. The standard InChI is InChI=1S/C77H52BN5O2.Pt/c1-77(2,3)52-43-44-79-69(45-52)83-60-35-17-16-31-57(60)58-42-41-54(46-65(58)83)84-68-47-66(80-48-81(62-37-19-18-36-61(62)80)75-55(49-23-8-4-9-24-49)32-20-33-56(75)50-25-10-5-11-26-50)76-74-71(68)70(51-27-12-6-13-28-51)59-34-21-38-63-72(59)78(74)73-64(39-22-40-67(73)85-76)82(63)53-29-14-7-15-30-53;/h4-45,70H,1-3H3;/q-2;. The first-order valence-corrected chi connectivity index (χ1v) is 29.1. The van der Waals surface area contributed by atoms with E-state index in [1.54, 1.807) is 0 Å². The number of imidazole rings is 1. The Bertz CT molecular complexity index is 4960. The zero-order chi connectivity index (χ0) is 56.5. The normalized spacial score (nSPS) is 13.6. The van der Waals surface area contributed by atoms with Crippen LogP contribution in [0.1, 0.15) is 48.9 Å². The van der Waals surface area contributed by atoms with Gasteiger partial charge in [0.05, 0.1) is 16.7 Å². The van der Waals surface area contributed by atoms with Gasteiger partial charge in [-0.2, -0.15) is 6.07 Å². The van der Waals surface area contributed by atoms with Gasteiger partial charge in [-0.05, 0) is 115 Å². The molecular formula is C77H52BN5O2Pt-2. The Morgan fingerprint density at radius 3 is 1.95 bits per heavy atom. The quantitative estimate of drug-likeness (QED) is 0.0821. The molecule has 0 N–H and O–H groups in total. The van der Waals surface area contributed by atoms with Gasteiger partial charge in [-0.3, -0.25) is 4.57 Å². The molecule has 1 unspecified atom stereocenters. The van der Waals surface area contributed by atoms with Crippen molar-refractivity contribution in [2.24, 2.45) is 0 Å². The van der Waals surface area contributed by atoms with Gasteiger partial charge in [-0.15, -0.1) is 34.6 Å². The fourth-order valence-electron chi connectivity index (χ4n) is 13.8. The van der Waals surface area contributed by atoms with Gasteiger partial charge < -0.3 is 23.5 Å². The van der Waals surface area contributed by atoms with Crippen molar-refractivity contribution < 1.29 is 35.1 Å². The number of pyridine rings is 1. The second-order valence-electron chi connectivity index (χ2n) is 23.4. The molecule has 0 saturated heterocycles. The first-order chi connectivity index (χ1) is 41.8. The molecule has 3 aromatic heterocycles. The van der Waals surface area contributed by atoms with Crippen molar-refractivity contribution in [2.45, 2.75) is 32.1 Å². The Hall–Kier alpha value is -10.0. The Morgan fingerprint density at radius 1 is 0.581 bits per heavy atom. The van der Waals surface area contributed by atoms with Crippen LogP contribution in [-0.4, -0.2) is 20.8 Å².